The third-order valence-corrected chi connectivity index (χ3v) is 3.90. The summed E-state index contributed by atoms with van der Waals surface area (Å²) in [5.74, 6) is -1.53. The zero-order valence-corrected chi connectivity index (χ0v) is 12.1. The van der Waals surface area contributed by atoms with Gasteiger partial charge in [0, 0.05) is 22.5 Å². The van der Waals surface area contributed by atoms with Crippen molar-refractivity contribution in [3.8, 4) is 0 Å². The van der Waals surface area contributed by atoms with Gasteiger partial charge in [-0.05, 0) is 29.8 Å². The number of benzene rings is 2. The molecule has 0 aliphatic rings. The van der Waals surface area contributed by atoms with Crippen LogP contribution in [-0.2, 0) is 0 Å². The molecule has 2 aromatic carbocycles. The van der Waals surface area contributed by atoms with E-state index >= 15 is 0 Å². The largest absolute Gasteiger partial charge is 0.388 e. The average Bonchev–Trinajstić information content (AvgIpc) is 2.39. The zero-order chi connectivity index (χ0) is 14.7. The first kappa shape index (κ1) is 15.1. The molecule has 0 bridgehead atoms. The van der Waals surface area contributed by atoms with Crippen LogP contribution in [0.5, 0.6) is 0 Å². The fourth-order valence-electron chi connectivity index (χ4n) is 2.18. The quantitative estimate of drug-likeness (QED) is 0.893. The highest BCUT2D eigenvalue weighted by molar-refractivity contribution is 9.10. The Kier molecular flexibility index (Phi) is 4.86. The van der Waals surface area contributed by atoms with Gasteiger partial charge in [0.2, 0.25) is 0 Å². The molecule has 0 radical (unpaired) electrons. The average molecular weight is 342 g/mol. The van der Waals surface area contributed by atoms with Crippen LogP contribution in [0.15, 0.2) is 46.9 Å². The highest BCUT2D eigenvalue weighted by Gasteiger charge is 2.26. The lowest BCUT2D eigenvalue weighted by Crippen LogP contribution is -2.21. The van der Waals surface area contributed by atoms with E-state index in [-0.39, 0.29) is 12.1 Å². The summed E-state index contributed by atoms with van der Waals surface area (Å²) < 4.78 is 27.6. The first-order valence-corrected chi connectivity index (χ1v) is 6.91. The molecule has 0 saturated heterocycles. The van der Waals surface area contributed by atoms with Crippen LogP contribution in [0.1, 0.15) is 23.1 Å². The van der Waals surface area contributed by atoms with Crippen LogP contribution in [0.4, 0.5) is 8.78 Å². The van der Waals surface area contributed by atoms with E-state index in [1.807, 2.05) is 0 Å². The van der Waals surface area contributed by atoms with Crippen molar-refractivity contribution >= 4 is 15.9 Å². The Morgan fingerprint density at radius 2 is 1.85 bits per heavy atom. The Bertz CT molecular complexity index is 586. The van der Waals surface area contributed by atoms with Gasteiger partial charge in [-0.3, -0.25) is 0 Å². The maximum absolute atomic E-state index is 13.9. The van der Waals surface area contributed by atoms with Crippen LogP contribution < -0.4 is 5.73 Å². The molecular weight excluding hydrogens is 328 g/mol. The topological polar surface area (TPSA) is 46.2 Å². The Morgan fingerprint density at radius 3 is 2.45 bits per heavy atom. The molecular formula is C15H14BrF2NO. The number of aliphatic hydroxyl groups excluding tert-OH is 1. The minimum absolute atomic E-state index is 0.0748. The van der Waals surface area contributed by atoms with Crippen molar-refractivity contribution in [2.45, 2.75) is 12.0 Å². The van der Waals surface area contributed by atoms with Gasteiger partial charge in [-0.1, -0.05) is 34.1 Å². The zero-order valence-electron chi connectivity index (χ0n) is 10.6. The van der Waals surface area contributed by atoms with Gasteiger partial charge in [0.15, 0.2) is 0 Å². The standard InChI is InChI=1S/C15H14BrF2NO/c16-12-5-2-6-13(18)14(12)15(20)11(8-19)9-3-1-4-10(17)7-9/h1-7,11,15,20H,8,19H2. The van der Waals surface area contributed by atoms with Gasteiger partial charge < -0.3 is 10.8 Å². The molecule has 3 N–H and O–H groups in total. The summed E-state index contributed by atoms with van der Waals surface area (Å²) in [5, 5.41) is 10.4. The fourth-order valence-corrected chi connectivity index (χ4v) is 2.76. The number of aliphatic hydroxyl groups is 1. The molecule has 2 rings (SSSR count). The van der Waals surface area contributed by atoms with E-state index in [0.717, 1.165) is 0 Å². The maximum atomic E-state index is 13.9. The monoisotopic (exact) mass is 341 g/mol. The van der Waals surface area contributed by atoms with Crippen molar-refractivity contribution in [2.24, 2.45) is 5.73 Å². The predicted molar refractivity (Wildman–Crippen MR) is 77.3 cm³/mol. The predicted octanol–water partition coefficient (Wildman–Crippen LogP) is 3.50. The Balaban J connectivity index is 2.41. The van der Waals surface area contributed by atoms with Crippen molar-refractivity contribution in [3.05, 3.63) is 69.7 Å². The molecule has 0 heterocycles. The van der Waals surface area contributed by atoms with Crippen molar-refractivity contribution in [1.82, 2.24) is 0 Å². The molecule has 2 aromatic rings. The lowest BCUT2D eigenvalue weighted by Gasteiger charge is -2.23. The molecule has 0 aliphatic carbocycles. The van der Waals surface area contributed by atoms with Crippen LogP contribution in [0.3, 0.4) is 0 Å². The highest BCUT2D eigenvalue weighted by atomic mass is 79.9. The molecule has 0 fully saturated rings. The van der Waals surface area contributed by atoms with Gasteiger partial charge in [0.25, 0.3) is 0 Å². The number of hydrogen-bond donors (Lipinski definition) is 2. The molecule has 0 amide bonds. The Labute approximate surface area is 124 Å². The van der Waals surface area contributed by atoms with E-state index in [9.17, 15) is 13.9 Å². The number of nitrogens with two attached hydrogens (primary N) is 1. The second-order valence-electron chi connectivity index (χ2n) is 4.48. The van der Waals surface area contributed by atoms with E-state index in [1.165, 1.54) is 30.3 Å². The molecule has 2 atom stereocenters. The van der Waals surface area contributed by atoms with Gasteiger partial charge in [-0.15, -0.1) is 0 Å². The van der Waals surface area contributed by atoms with Crippen molar-refractivity contribution in [3.63, 3.8) is 0 Å². The number of hydrogen-bond acceptors (Lipinski definition) is 2. The summed E-state index contributed by atoms with van der Waals surface area (Å²) in [4.78, 5) is 0. The van der Waals surface area contributed by atoms with Gasteiger partial charge in [-0.25, -0.2) is 8.78 Å². The molecule has 0 aliphatic heterocycles. The van der Waals surface area contributed by atoms with Crippen LogP contribution in [0, 0.1) is 11.6 Å². The minimum Gasteiger partial charge on any atom is -0.388 e. The van der Waals surface area contributed by atoms with Crippen molar-refractivity contribution in [1.29, 1.82) is 0 Å². The van der Waals surface area contributed by atoms with E-state index in [0.29, 0.717) is 10.0 Å². The first-order valence-electron chi connectivity index (χ1n) is 6.12. The maximum Gasteiger partial charge on any atom is 0.130 e. The first-order chi connectivity index (χ1) is 9.54. The number of halogens is 3. The summed E-state index contributed by atoms with van der Waals surface area (Å²) in [6, 6.07) is 10.3. The Hall–Kier alpha value is -1.30. The summed E-state index contributed by atoms with van der Waals surface area (Å²) in [6.45, 7) is 0.0748. The molecule has 0 aromatic heterocycles. The third kappa shape index (κ3) is 3.06. The van der Waals surface area contributed by atoms with Crippen LogP contribution in [0.2, 0.25) is 0 Å². The molecule has 5 heteroatoms. The molecule has 0 spiro atoms. The fraction of sp³-hybridized carbons (Fsp3) is 0.200. The van der Waals surface area contributed by atoms with Crippen LogP contribution in [0.25, 0.3) is 0 Å². The second-order valence-corrected chi connectivity index (χ2v) is 5.33. The van der Waals surface area contributed by atoms with Gasteiger partial charge in [0.05, 0.1) is 6.10 Å². The van der Waals surface area contributed by atoms with Crippen molar-refractivity contribution in [2.75, 3.05) is 6.54 Å². The minimum atomic E-state index is -1.16. The summed E-state index contributed by atoms with van der Waals surface area (Å²) in [7, 11) is 0. The van der Waals surface area contributed by atoms with Crippen LogP contribution >= 0.6 is 15.9 Å². The van der Waals surface area contributed by atoms with Crippen molar-refractivity contribution < 1.29 is 13.9 Å². The number of rotatable bonds is 4. The van der Waals surface area contributed by atoms with Crippen LogP contribution in [-0.4, -0.2) is 11.7 Å². The van der Waals surface area contributed by atoms with E-state index in [1.54, 1.807) is 12.1 Å². The van der Waals surface area contributed by atoms with Gasteiger partial charge >= 0.3 is 0 Å². The summed E-state index contributed by atoms with van der Waals surface area (Å²) in [6.07, 6.45) is -1.16. The van der Waals surface area contributed by atoms with Gasteiger partial charge in [0.1, 0.15) is 11.6 Å². The molecule has 2 nitrogen and oxygen atoms in total. The summed E-state index contributed by atoms with van der Waals surface area (Å²) in [5.41, 5.74) is 6.34. The van der Waals surface area contributed by atoms with E-state index in [2.05, 4.69) is 15.9 Å². The van der Waals surface area contributed by atoms with Gasteiger partial charge in [-0.2, -0.15) is 0 Å². The smallest absolute Gasteiger partial charge is 0.130 e. The Morgan fingerprint density at radius 1 is 1.15 bits per heavy atom. The molecule has 20 heavy (non-hydrogen) atoms. The lowest BCUT2D eigenvalue weighted by atomic mass is 9.89. The highest BCUT2D eigenvalue weighted by Crippen LogP contribution is 2.35. The molecule has 106 valence electrons. The molecule has 2 unspecified atom stereocenters. The lowest BCUT2D eigenvalue weighted by molar-refractivity contribution is 0.142. The third-order valence-electron chi connectivity index (χ3n) is 3.21. The molecule has 0 saturated carbocycles. The summed E-state index contributed by atoms with van der Waals surface area (Å²) >= 11 is 3.22. The second kappa shape index (κ2) is 6.43. The van der Waals surface area contributed by atoms with E-state index < -0.39 is 23.7 Å². The normalized spacial score (nSPS) is 14.1. The van der Waals surface area contributed by atoms with E-state index in [4.69, 9.17) is 5.73 Å². The SMILES string of the molecule is NCC(c1cccc(F)c1)C(O)c1c(F)cccc1Br.